The van der Waals surface area contributed by atoms with E-state index in [2.05, 4.69) is 10.6 Å². The quantitative estimate of drug-likeness (QED) is 0.752. The smallest absolute Gasteiger partial charge is 0.239 e. The summed E-state index contributed by atoms with van der Waals surface area (Å²) in [6, 6.07) is 6.59. The highest BCUT2D eigenvalue weighted by atomic mass is 19.1. The van der Waals surface area contributed by atoms with Crippen molar-refractivity contribution in [1.29, 1.82) is 0 Å². The molecule has 0 atom stereocenters. The molecule has 2 amide bonds. The van der Waals surface area contributed by atoms with E-state index in [0.29, 0.717) is 32.1 Å². The number of carbonyl (C=O) groups is 2. The van der Waals surface area contributed by atoms with Gasteiger partial charge in [-0.1, -0.05) is 31.4 Å². The SMILES string of the molecule is O=C(CNC(=O)CC1CCCCC1)NCC1(c2cccc(F)c2)CCOCC1. The number of carbonyl (C=O) groups excluding carboxylic acids is 2. The number of benzene rings is 1. The normalized spacial score (nSPS) is 19.8. The molecule has 5 nitrogen and oxygen atoms in total. The Morgan fingerprint density at radius 2 is 1.82 bits per heavy atom. The van der Waals surface area contributed by atoms with Crippen molar-refractivity contribution in [2.24, 2.45) is 5.92 Å². The molecule has 2 fully saturated rings. The first-order chi connectivity index (χ1) is 13.6. The predicted molar refractivity (Wildman–Crippen MR) is 105 cm³/mol. The van der Waals surface area contributed by atoms with Crippen molar-refractivity contribution in [2.45, 2.75) is 56.8 Å². The van der Waals surface area contributed by atoms with Gasteiger partial charge in [-0.15, -0.1) is 0 Å². The van der Waals surface area contributed by atoms with Gasteiger partial charge >= 0.3 is 0 Å². The molecule has 1 aliphatic heterocycles. The second-order valence-corrected chi connectivity index (χ2v) is 8.16. The van der Waals surface area contributed by atoms with Crippen molar-refractivity contribution in [1.82, 2.24) is 10.6 Å². The molecule has 3 rings (SSSR count). The molecular formula is C22H31FN2O3. The summed E-state index contributed by atoms with van der Waals surface area (Å²) in [5.74, 6) is -0.0767. The van der Waals surface area contributed by atoms with E-state index in [0.717, 1.165) is 31.2 Å². The van der Waals surface area contributed by atoms with E-state index in [1.54, 1.807) is 12.1 Å². The Bertz CT molecular complexity index is 668. The van der Waals surface area contributed by atoms with E-state index in [1.165, 1.54) is 25.3 Å². The third-order valence-corrected chi connectivity index (χ3v) is 6.16. The van der Waals surface area contributed by atoms with Crippen molar-refractivity contribution in [3.63, 3.8) is 0 Å². The van der Waals surface area contributed by atoms with Crippen LogP contribution in [0.25, 0.3) is 0 Å². The molecule has 1 saturated carbocycles. The van der Waals surface area contributed by atoms with Gasteiger partial charge in [0.15, 0.2) is 0 Å². The largest absolute Gasteiger partial charge is 0.381 e. The van der Waals surface area contributed by atoms with E-state index < -0.39 is 0 Å². The van der Waals surface area contributed by atoms with Gasteiger partial charge in [0.25, 0.3) is 0 Å². The number of rotatable bonds is 7. The summed E-state index contributed by atoms with van der Waals surface area (Å²) < 4.78 is 19.2. The molecule has 0 unspecified atom stereocenters. The molecule has 2 aliphatic rings. The third kappa shape index (κ3) is 5.77. The fraction of sp³-hybridized carbons (Fsp3) is 0.636. The Labute approximate surface area is 166 Å². The molecule has 0 radical (unpaired) electrons. The van der Waals surface area contributed by atoms with Gasteiger partial charge in [-0.25, -0.2) is 4.39 Å². The highest BCUT2D eigenvalue weighted by Gasteiger charge is 2.35. The van der Waals surface area contributed by atoms with Gasteiger partial charge in [0.05, 0.1) is 6.54 Å². The van der Waals surface area contributed by atoms with Crippen LogP contribution in [0.4, 0.5) is 4.39 Å². The molecule has 1 aromatic rings. The van der Waals surface area contributed by atoms with E-state index in [4.69, 9.17) is 4.74 Å². The molecule has 1 saturated heterocycles. The Kier molecular flexibility index (Phi) is 7.43. The maximum absolute atomic E-state index is 13.7. The van der Waals surface area contributed by atoms with E-state index in [9.17, 15) is 14.0 Å². The molecule has 6 heteroatoms. The zero-order chi connectivity index (χ0) is 19.8. The summed E-state index contributed by atoms with van der Waals surface area (Å²) >= 11 is 0. The molecule has 0 bridgehead atoms. The molecule has 0 spiro atoms. The lowest BCUT2D eigenvalue weighted by molar-refractivity contribution is -0.127. The topological polar surface area (TPSA) is 67.4 Å². The Hall–Kier alpha value is -1.95. The van der Waals surface area contributed by atoms with E-state index in [1.807, 2.05) is 6.07 Å². The molecule has 0 aromatic heterocycles. The first kappa shape index (κ1) is 20.8. The number of amides is 2. The highest BCUT2D eigenvalue weighted by molar-refractivity contribution is 5.84. The first-order valence-corrected chi connectivity index (χ1v) is 10.4. The van der Waals surface area contributed by atoms with Crippen molar-refractivity contribution in [2.75, 3.05) is 26.3 Å². The molecule has 1 aliphatic carbocycles. The average molecular weight is 390 g/mol. The summed E-state index contributed by atoms with van der Waals surface area (Å²) in [5.41, 5.74) is 0.555. The van der Waals surface area contributed by atoms with Crippen LogP contribution in [0.5, 0.6) is 0 Å². The lowest BCUT2D eigenvalue weighted by atomic mass is 9.74. The number of ether oxygens (including phenoxy) is 1. The van der Waals surface area contributed by atoms with Crippen LogP contribution in [-0.4, -0.2) is 38.1 Å². The van der Waals surface area contributed by atoms with Crippen LogP contribution < -0.4 is 10.6 Å². The fourth-order valence-electron chi connectivity index (χ4n) is 4.38. The second-order valence-electron chi connectivity index (χ2n) is 8.16. The fourth-order valence-corrected chi connectivity index (χ4v) is 4.38. The van der Waals surface area contributed by atoms with Crippen molar-refractivity contribution in [3.8, 4) is 0 Å². The van der Waals surface area contributed by atoms with Gasteiger partial charge in [-0.3, -0.25) is 9.59 Å². The third-order valence-electron chi connectivity index (χ3n) is 6.16. The number of nitrogens with one attached hydrogen (secondary N) is 2. The molecular weight excluding hydrogens is 359 g/mol. The molecule has 1 heterocycles. The molecule has 2 N–H and O–H groups in total. The standard InChI is InChI=1S/C22H31FN2O3/c23-19-8-4-7-18(14-19)22(9-11-28-12-10-22)16-25-21(27)15-24-20(26)13-17-5-2-1-3-6-17/h4,7-8,14,17H,1-3,5-6,9-13,15-16H2,(H,24,26)(H,25,27). The van der Waals surface area contributed by atoms with Crippen LogP contribution >= 0.6 is 0 Å². The van der Waals surface area contributed by atoms with Gasteiger partial charge < -0.3 is 15.4 Å². The highest BCUT2D eigenvalue weighted by Crippen LogP contribution is 2.34. The molecule has 28 heavy (non-hydrogen) atoms. The summed E-state index contributed by atoms with van der Waals surface area (Å²) in [5, 5.41) is 5.68. The van der Waals surface area contributed by atoms with Gasteiger partial charge in [0, 0.05) is 31.6 Å². The average Bonchev–Trinajstić information content (AvgIpc) is 2.72. The maximum Gasteiger partial charge on any atom is 0.239 e. The van der Waals surface area contributed by atoms with Crippen LogP contribution in [0.2, 0.25) is 0 Å². The van der Waals surface area contributed by atoms with Gasteiger partial charge in [0.2, 0.25) is 11.8 Å². The number of halogens is 1. The summed E-state index contributed by atoms with van der Waals surface area (Å²) in [6.07, 6.45) is 7.84. The summed E-state index contributed by atoms with van der Waals surface area (Å²) in [6.45, 7) is 1.58. The van der Waals surface area contributed by atoms with E-state index >= 15 is 0 Å². The first-order valence-electron chi connectivity index (χ1n) is 10.4. The van der Waals surface area contributed by atoms with Gasteiger partial charge in [-0.2, -0.15) is 0 Å². The lowest BCUT2D eigenvalue weighted by Crippen LogP contribution is -2.47. The van der Waals surface area contributed by atoms with E-state index in [-0.39, 0.29) is 29.6 Å². The lowest BCUT2D eigenvalue weighted by Gasteiger charge is -2.38. The molecule has 1 aromatic carbocycles. The monoisotopic (exact) mass is 390 g/mol. The summed E-state index contributed by atoms with van der Waals surface area (Å²) in [4.78, 5) is 24.4. The summed E-state index contributed by atoms with van der Waals surface area (Å²) in [7, 11) is 0. The van der Waals surface area contributed by atoms with Crippen LogP contribution in [0.3, 0.4) is 0 Å². The van der Waals surface area contributed by atoms with Crippen molar-refractivity contribution in [3.05, 3.63) is 35.6 Å². The predicted octanol–water partition coefficient (Wildman–Crippen LogP) is 3.08. The second kappa shape index (κ2) is 10.0. The van der Waals surface area contributed by atoms with Crippen molar-refractivity contribution >= 4 is 11.8 Å². The Morgan fingerprint density at radius 3 is 2.54 bits per heavy atom. The zero-order valence-corrected chi connectivity index (χ0v) is 16.5. The maximum atomic E-state index is 13.7. The number of hydrogen-bond acceptors (Lipinski definition) is 3. The van der Waals surface area contributed by atoms with Crippen molar-refractivity contribution < 1.29 is 18.7 Å². The van der Waals surface area contributed by atoms with Crippen LogP contribution in [-0.2, 0) is 19.7 Å². The Balaban J connectivity index is 1.49. The van der Waals surface area contributed by atoms with Gasteiger partial charge in [0.1, 0.15) is 5.82 Å². The minimum atomic E-state index is -0.331. The Morgan fingerprint density at radius 1 is 1.07 bits per heavy atom. The van der Waals surface area contributed by atoms with Crippen LogP contribution in [0, 0.1) is 11.7 Å². The van der Waals surface area contributed by atoms with Crippen LogP contribution in [0.1, 0.15) is 56.9 Å². The van der Waals surface area contributed by atoms with Crippen LogP contribution in [0.15, 0.2) is 24.3 Å². The minimum Gasteiger partial charge on any atom is -0.381 e. The molecule has 154 valence electrons. The minimum absolute atomic E-state index is 0.0126. The zero-order valence-electron chi connectivity index (χ0n) is 16.5. The van der Waals surface area contributed by atoms with Gasteiger partial charge in [-0.05, 0) is 49.3 Å². The number of hydrogen-bond donors (Lipinski definition) is 2.